The van der Waals surface area contributed by atoms with Gasteiger partial charge >= 0.3 is 0 Å². The summed E-state index contributed by atoms with van der Waals surface area (Å²) in [6.45, 7) is 2.79. The van der Waals surface area contributed by atoms with E-state index in [9.17, 15) is 4.79 Å². The number of aromatic nitrogens is 1. The summed E-state index contributed by atoms with van der Waals surface area (Å²) in [4.78, 5) is 19.7. The average Bonchev–Trinajstić information content (AvgIpc) is 3.04. The number of piperidine rings is 1. The molecule has 6 heteroatoms. The van der Waals surface area contributed by atoms with Crippen LogP contribution in [0.15, 0.2) is 30.5 Å². The van der Waals surface area contributed by atoms with E-state index in [2.05, 4.69) is 11.9 Å². The second-order valence-electron chi connectivity index (χ2n) is 5.74. The van der Waals surface area contributed by atoms with Crippen molar-refractivity contribution in [2.45, 2.75) is 31.9 Å². The minimum Gasteiger partial charge on any atom is -0.381 e. The largest absolute Gasteiger partial charge is 0.381 e. The van der Waals surface area contributed by atoms with Crippen molar-refractivity contribution in [2.24, 2.45) is 0 Å². The Kier molecular flexibility index (Phi) is 4.99. The lowest BCUT2D eigenvalue weighted by Gasteiger charge is -2.36. The number of likely N-dealkylation sites (tertiary alicyclic amines) is 1. The fraction of sp³-hybridized carbons (Fsp3) is 0.412. The van der Waals surface area contributed by atoms with Gasteiger partial charge in [0.05, 0.1) is 17.3 Å². The highest BCUT2D eigenvalue weighted by Gasteiger charge is 2.30. The van der Waals surface area contributed by atoms with E-state index >= 15 is 0 Å². The summed E-state index contributed by atoms with van der Waals surface area (Å²) in [5.41, 5.74) is 0.865. The zero-order valence-corrected chi connectivity index (χ0v) is 14.7. The van der Waals surface area contributed by atoms with E-state index in [4.69, 9.17) is 16.3 Å². The lowest BCUT2D eigenvalue weighted by molar-refractivity contribution is 0.0162. The lowest BCUT2D eigenvalue weighted by atomic mass is 10.0. The van der Waals surface area contributed by atoms with Gasteiger partial charge in [0.2, 0.25) is 0 Å². The molecule has 2 atom stereocenters. The zero-order valence-electron chi connectivity index (χ0n) is 13.2. The van der Waals surface area contributed by atoms with Crippen LogP contribution >= 0.6 is 22.9 Å². The van der Waals surface area contributed by atoms with Gasteiger partial charge in [0.1, 0.15) is 9.88 Å². The molecule has 0 unspecified atom stereocenters. The standard InChI is InChI=1S/C17H19ClN2O2S/c1-11-9-12(22-2)7-8-20(11)17(21)15-10-19-16(23-15)13-5-3-4-6-14(13)18/h3-6,10-12H,7-9H2,1-2H3/t11-,12-/m1/s1. The number of thiazole rings is 1. The molecule has 0 saturated carbocycles. The van der Waals surface area contributed by atoms with Crippen molar-refractivity contribution in [3.63, 3.8) is 0 Å². The maximum atomic E-state index is 12.8. The predicted octanol–water partition coefficient (Wildman–Crippen LogP) is 4.10. The first-order valence-electron chi connectivity index (χ1n) is 7.64. The number of methoxy groups -OCH3 is 1. The molecule has 0 bridgehead atoms. The van der Waals surface area contributed by atoms with Gasteiger partial charge in [-0.2, -0.15) is 0 Å². The Hall–Kier alpha value is -1.43. The van der Waals surface area contributed by atoms with Crippen molar-refractivity contribution in [3.05, 3.63) is 40.4 Å². The van der Waals surface area contributed by atoms with E-state index < -0.39 is 0 Å². The molecule has 23 heavy (non-hydrogen) atoms. The van der Waals surface area contributed by atoms with Crippen molar-refractivity contribution in [1.29, 1.82) is 0 Å². The first-order valence-corrected chi connectivity index (χ1v) is 8.84. The number of hydrogen-bond acceptors (Lipinski definition) is 4. The summed E-state index contributed by atoms with van der Waals surface area (Å²) in [5.74, 6) is 0.0443. The minimum absolute atomic E-state index is 0.0443. The van der Waals surface area contributed by atoms with E-state index in [1.54, 1.807) is 13.3 Å². The Morgan fingerprint density at radius 1 is 1.43 bits per heavy atom. The third-order valence-electron chi connectivity index (χ3n) is 4.24. The van der Waals surface area contributed by atoms with Crippen LogP contribution in [0.25, 0.3) is 10.6 Å². The Labute approximate surface area is 145 Å². The molecule has 1 aliphatic rings. The molecule has 0 spiro atoms. The van der Waals surface area contributed by atoms with Crippen LogP contribution in [0.2, 0.25) is 5.02 Å². The number of amides is 1. The second-order valence-corrected chi connectivity index (χ2v) is 7.18. The van der Waals surface area contributed by atoms with E-state index in [1.165, 1.54) is 11.3 Å². The van der Waals surface area contributed by atoms with Gasteiger partial charge in [-0.05, 0) is 25.8 Å². The number of hydrogen-bond donors (Lipinski definition) is 0. The molecule has 122 valence electrons. The molecular formula is C17H19ClN2O2S. The van der Waals surface area contributed by atoms with Crippen LogP contribution in [0.3, 0.4) is 0 Å². The summed E-state index contributed by atoms with van der Waals surface area (Å²) in [6.07, 6.45) is 3.65. The van der Waals surface area contributed by atoms with E-state index in [1.807, 2.05) is 29.2 Å². The molecule has 0 aliphatic carbocycles. The monoisotopic (exact) mass is 350 g/mol. The Morgan fingerprint density at radius 2 is 2.22 bits per heavy atom. The van der Waals surface area contributed by atoms with Gasteiger partial charge in [-0.1, -0.05) is 29.8 Å². The summed E-state index contributed by atoms with van der Waals surface area (Å²) < 4.78 is 5.41. The van der Waals surface area contributed by atoms with Gasteiger partial charge in [0.15, 0.2) is 0 Å². The fourth-order valence-electron chi connectivity index (χ4n) is 2.92. The van der Waals surface area contributed by atoms with Crippen LogP contribution in [-0.4, -0.2) is 41.6 Å². The highest BCUT2D eigenvalue weighted by atomic mass is 35.5. The third-order valence-corrected chi connectivity index (χ3v) is 5.59. The molecule has 1 aliphatic heterocycles. The number of carbonyl (C=O) groups is 1. The van der Waals surface area contributed by atoms with Crippen molar-refractivity contribution in [2.75, 3.05) is 13.7 Å². The Balaban J connectivity index is 1.78. The molecule has 2 heterocycles. The fourth-order valence-corrected chi connectivity index (χ4v) is 4.11. The van der Waals surface area contributed by atoms with Crippen LogP contribution in [0.4, 0.5) is 0 Å². The second kappa shape index (κ2) is 6.99. The highest BCUT2D eigenvalue weighted by molar-refractivity contribution is 7.17. The summed E-state index contributed by atoms with van der Waals surface area (Å²) in [7, 11) is 1.73. The number of halogens is 1. The normalized spacial score (nSPS) is 21.4. The Morgan fingerprint density at radius 3 is 2.91 bits per heavy atom. The SMILES string of the molecule is CO[C@@H]1CCN(C(=O)c2cnc(-c3ccccc3Cl)s2)[C@H](C)C1. The van der Waals surface area contributed by atoms with Gasteiger partial charge in [-0.15, -0.1) is 11.3 Å². The summed E-state index contributed by atoms with van der Waals surface area (Å²) in [5, 5.41) is 1.42. The van der Waals surface area contributed by atoms with Crippen molar-refractivity contribution in [3.8, 4) is 10.6 Å². The predicted molar refractivity (Wildman–Crippen MR) is 93.1 cm³/mol. The van der Waals surface area contributed by atoms with Gasteiger partial charge < -0.3 is 9.64 Å². The van der Waals surface area contributed by atoms with E-state index in [-0.39, 0.29) is 18.1 Å². The van der Waals surface area contributed by atoms with Crippen LogP contribution < -0.4 is 0 Å². The topological polar surface area (TPSA) is 42.4 Å². The minimum atomic E-state index is 0.0443. The van der Waals surface area contributed by atoms with Crippen molar-refractivity contribution < 1.29 is 9.53 Å². The zero-order chi connectivity index (χ0) is 16.4. The third kappa shape index (κ3) is 3.42. The Bertz CT molecular complexity index is 703. The molecule has 0 N–H and O–H groups in total. The van der Waals surface area contributed by atoms with Gasteiger partial charge in [0.25, 0.3) is 5.91 Å². The first kappa shape index (κ1) is 16.4. The molecule has 2 aromatic rings. The van der Waals surface area contributed by atoms with Gasteiger partial charge in [-0.25, -0.2) is 4.98 Å². The number of rotatable bonds is 3. The molecule has 0 radical (unpaired) electrons. The van der Waals surface area contributed by atoms with E-state index in [0.29, 0.717) is 9.90 Å². The van der Waals surface area contributed by atoms with Crippen LogP contribution in [0.1, 0.15) is 29.4 Å². The van der Waals surface area contributed by atoms with Crippen molar-refractivity contribution >= 4 is 28.8 Å². The molecule has 1 aromatic carbocycles. The highest BCUT2D eigenvalue weighted by Crippen LogP contribution is 2.32. The van der Waals surface area contributed by atoms with Gasteiger partial charge in [0, 0.05) is 25.3 Å². The average molecular weight is 351 g/mol. The summed E-state index contributed by atoms with van der Waals surface area (Å²) in [6, 6.07) is 7.72. The molecule has 1 amide bonds. The lowest BCUT2D eigenvalue weighted by Crippen LogP contribution is -2.46. The number of benzene rings is 1. The molecule has 1 aromatic heterocycles. The van der Waals surface area contributed by atoms with Crippen LogP contribution in [-0.2, 0) is 4.74 Å². The number of nitrogens with zero attached hydrogens (tertiary/aromatic N) is 2. The maximum Gasteiger partial charge on any atom is 0.265 e. The number of ether oxygens (including phenoxy) is 1. The first-order chi connectivity index (χ1) is 11.1. The molecule has 1 saturated heterocycles. The number of carbonyl (C=O) groups excluding carboxylic acids is 1. The van der Waals surface area contributed by atoms with Crippen LogP contribution in [0.5, 0.6) is 0 Å². The molecule has 3 rings (SSSR count). The smallest absolute Gasteiger partial charge is 0.265 e. The van der Waals surface area contributed by atoms with Crippen LogP contribution in [0, 0.1) is 0 Å². The summed E-state index contributed by atoms with van der Waals surface area (Å²) >= 11 is 7.60. The molecular weight excluding hydrogens is 332 g/mol. The molecule has 1 fully saturated rings. The van der Waals surface area contributed by atoms with Crippen molar-refractivity contribution in [1.82, 2.24) is 9.88 Å². The van der Waals surface area contributed by atoms with Gasteiger partial charge in [-0.3, -0.25) is 4.79 Å². The molecule has 4 nitrogen and oxygen atoms in total. The van der Waals surface area contributed by atoms with E-state index in [0.717, 1.165) is 30.0 Å². The maximum absolute atomic E-state index is 12.8. The quantitative estimate of drug-likeness (QED) is 0.836.